The Balaban J connectivity index is 3.25. The zero-order chi connectivity index (χ0) is 7.82. The molecule has 0 aliphatic rings. The molecule has 0 heterocycles. The van der Waals surface area contributed by atoms with Gasteiger partial charge in [-0.2, -0.15) is 0 Å². The minimum absolute atomic E-state index is 0.717. The molecule has 0 aromatic rings. The van der Waals surface area contributed by atoms with Crippen molar-refractivity contribution >= 4 is 11.6 Å². The lowest BCUT2D eigenvalue weighted by Crippen LogP contribution is -1.74. The van der Waals surface area contributed by atoms with Crippen LogP contribution in [0.15, 0.2) is 24.3 Å². The van der Waals surface area contributed by atoms with Crippen LogP contribution < -0.4 is 0 Å². The highest BCUT2D eigenvalue weighted by atomic mass is 35.5. The Bertz CT molecular complexity index is 114. The van der Waals surface area contributed by atoms with Crippen LogP contribution in [-0.2, 0) is 0 Å². The van der Waals surface area contributed by atoms with E-state index >= 15 is 0 Å². The first kappa shape index (κ1) is 9.77. The maximum Gasteiger partial charge on any atom is 0.0258 e. The van der Waals surface area contributed by atoms with Gasteiger partial charge < -0.3 is 0 Å². The van der Waals surface area contributed by atoms with Crippen LogP contribution in [0.5, 0.6) is 0 Å². The topological polar surface area (TPSA) is 0 Å². The van der Waals surface area contributed by atoms with E-state index in [1.807, 2.05) is 0 Å². The molecule has 1 heteroatoms. The minimum atomic E-state index is 0.717. The predicted octanol–water partition coefficient (Wildman–Crippen LogP) is 3.53. The summed E-state index contributed by atoms with van der Waals surface area (Å²) in [7, 11) is 0. The van der Waals surface area contributed by atoms with E-state index in [2.05, 4.69) is 25.7 Å². The Labute approximate surface area is 68.6 Å². The lowest BCUT2D eigenvalue weighted by molar-refractivity contribution is 1.03. The molecule has 10 heavy (non-hydrogen) atoms. The van der Waals surface area contributed by atoms with Crippen LogP contribution in [0.3, 0.4) is 0 Å². The zero-order valence-electron chi connectivity index (χ0n) is 6.57. The van der Waals surface area contributed by atoms with Gasteiger partial charge in [0.2, 0.25) is 0 Å². The van der Waals surface area contributed by atoms with E-state index in [4.69, 9.17) is 11.6 Å². The number of rotatable bonds is 5. The number of alkyl halides is 1. The first-order valence-electron chi connectivity index (χ1n) is 3.68. The maximum atomic E-state index is 5.48. The summed E-state index contributed by atoms with van der Waals surface area (Å²) in [6.45, 7) is 6.01. The van der Waals surface area contributed by atoms with Gasteiger partial charge in [-0.15, -0.1) is 11.6 Å². The van der Waals surface area contributed by atoms with Crippen LogP contribution in [0.2, 0.25) is 0 Å². The fraction of sp³-hybridized carbons (Fsp3) is 0.556. The van der Waals surface area contributed by atoms with Gasteiger partial charge in [-0.05, 0) is 19.3 Å². The van der Waals surface area contributed by atoms with Gasteiger partial charge >= 0.3 is 0 Å². The number of halogens is 1. The van der Waals surface area contributed by atoms with Gasteiger partial charge in [0.25, 0.3) is 0 Å². The molecular formula is C9H15Cl. The minimum Gasteiger partial charge on any atom is -0.126 e. The third-order valence-electron chi connectivity index (χ3n) is 1.35. The third-order valence-corrected chi connectivity index (χ3v) is 1.57. The van der Waals surface area contributed by atoms with Crippen molar-refractivity contribution in [3.05, 3.63) is 24.3 Å². The summed E-state index contributed by atoms with van der Waals surface area (Å²) >= 11 is 5.48. The molecule has 0 aromatic heterocycles. The Kier molecular flexibility index (Phi) is 6.73. The Hall–Kier alpha value is -0.230. The van der Waals surface area contributed by atoms with Crippen molar-refractivity contribution in [2.75, 3.05) is 5.88 Å². The van der Waals surface area contributed by atoms with Crippen molar-refractivity contribution < 1.29 is 0 Å². The highest BCUT2D eigenvalue weighted by molar-refractivity contribution is 6.17. The molecule has 0 bridgehead atoms. The molecule has 0 nitrogen and oxygen atoms in total. The van der Waals surface area contributed by atoms with E-state index in [9.17, 15) is 0 Å². The molecule has 0 saturated carbocycles. The van der Waals surface area contributed by atoms with Gasteiger partial charge in [0.15, 0.2) is 0 Å². The second kappa shape index (κ2) is 6.88. The average molecular weight is 159 g/mol. The first-order valence-corrected chi connectivity index (χ1v) is 4.22. The smallest absolute Gasteiger partial charge is 0.0258 e. The molecular weight excluding hydrogens is 144 g/mol. The fourth-order valence-electron chi connectivity index (χ4n) is 0.575. The van der Waals surface area contributed by atoms with Crippen LogP contribution in [0.1, 0.15) is 26.2 Å². The van der Waals surface area contributed by atoms with Gasteiger partial charge in [-0.1, -0.05) is 31.2 Å². The van der Waals surface area contributed by atoms with Gasteiger partial charge in [0.05, 0.1) is 0 Å². The van der Waals surface area contributed by atoms with E-state index in [0.717, 1.165) is 25.1 Å². The second-order valence-corrected chi connectivity index (χ2v) is 2.63. The lowest BCUT2D eigenvalue weighted by Gasteiger charge is -1.93. The van der Waals surface area contributed by atoms with E-state index < -0.39 is 0 Å². The maximum absolute atomic E-state index is 5.48. The quantitative estimate of drug-likeness (QED) is 0.424. The fourth-order valence-corrected chi connectivity index (χ4v) is 0.701. The Morgan fingerprint density at radius 1 is 1.50 bits per heavy atom. The normalized spacial score (nSPS) is 10.6. The van der Waals surface area contributed by atoms with Crippen molar-refractivity contribution in [3.8, 4) is 0 Å². The average Bonchev–Trinajstić information content (AvgIpc) is 1.98. The van der Waals surface area contributed by atoms with Crippen molar-refractivity contribution in [3.63, 3.8) is 0 Å². The van der Waals surface area contributed by atoms with Gasteiger partial charge in [0.1, 0.15) is 0 Å². The number of hydrogen-bond donors (Lipinski definition) is 0. The molecule has 0 amide bonds. The van der Waals surface area contributed by atoms with Crippen molar-refractivity contribution in [2.45, 2.75) is 26.2 Å². The summed E-state index contributed by atoms with van der Waals surface area (Å²) in [4.78, 5) is 0. The summed E-state index contributed by atoms with van der Waals surface area (Å²) in [6, 6.07) is 0. The molecule has 0 aliphatic carbocycles. The summed E-state index contributed by atoms with van der Waals surface area (Å²) < 4.78 is 0. The standard InChI is InChI=1S/C9H15Cl/c1-3-9(2)7-5-4-6-8-10/h4-5H,2-3,6-8H2,1H3. The van der Waals surface area contributed by atoms with E-state index in [1.165, 1.54) is 5.57 Å². The van der Waals surface area contributed by atoms with Crippen LogP contribution in [0, 0.1) is 0 Å². The molecule has 0 rings (SSSR count). The molecule has 0 saturated heterocycles. The molecule has 58 valence electrons. The van der Waals surface area contributed by atoms with E-state index in [-0.39, 0.29) is 0 Å². The SMILES string of the molecule is C=C(CC)CC=CCCCl. The zero-order valence-corrected chi connectivity index (χ0v) is 7.32. The van der Waals surface area contributed by atoms with Crippen molar-refractivity contribution in [2.24, 2.45) is 0 Å². The molecule has 0 N–H and O–H groups in total. The third kappa shape index (κ3) is 5.90. The predicted molar refractivity (Wildman–Crippen MR) is 48.5 cm³/mol. The second-order valence-electron chi connectivity index (χ2n) is 2.26. The highest BCUT2D eigenvalue weighted by Gasteiger charge is 1.83. The summed E-state index contributed by atoms with van der Waals surface area (Å²) in [5.41, 5.74) is 1.28. The highest BCUT2D eigenvalue weighted by Crippen LogP contribution is 2.03. The molecule has 0 aliphatic heterocycles. The first-order chi connectivity index (χ1) is 4.81. The van der Waals surface area contributed by atoms with Gasteiger partial charge in [0, 0.05) is 5.88 Å². The van der Waals surface area contributed by atoms with Crippen molar-refractivity contribution in [1.29, 1.82) is 0 Å². The number of allylic oxidation sites excluding steroid dienone is 3. The lowest BCUT2D eigenvalue weighted by atomic mass is 10.1. The largest absolute Gasteiger partial charge is 0.126 e. The molecule has 0 radical (unpaired) electrons. The van der Waals surface area contributed by atoms with Crippen LogP contribution >= 0.6 is 11.6 Å². The molecule has 0 spiro atoms. The van der Waals surface area contributed by atoms with E-state index in [1.54, 1.807) is 0 Å². The van der Waals surface area contributed by atoms with Gasteiger partial charge in [-0.25, -0.2) is 0 Å². The summed E-state index contributed by atoms with van der Waals surface area (Å²) in [6.07, 6.45) is 7.29. The summed E-state index contributed by atoms with van der Waals surface area (Å²) in [5, 5.41) is 0. The van der Waals surface area contributed by atoms with Gasteiger partial charge in [-0.3, -0.25) is 0 Å². The summed E-state index contributed by atoms with van der Waals surface area (Å²) in [5.74, 6) is 0.717. The monoisotopic (exact) mass is 158 g/mol. The molecule has 0 aromatic carbocycles. The Morgan fingerprint density at radius 2 is 2.20 bits per heavy atom. The number of hydrogen-bond acceptors (Lipinski definition) is 0. The van der Waals surface area contributed by atoms with Crippen LogP contribution in [-0.4, -0.2) is 5.88 Å². The molecule has 0 unspecified atom stereocenters. The molecule has 0 atom stereocenters. The molecule has 0 fully saturated rings. The van der Waals surface area contributed by atoms with Crippen molar-refractivity contribution in [1.82, 2.24) is 0 Å². The Morgan fingerprint density at radius 3 is 2.70 bits per heavy atom. The van der Waals surface area contributed by atoms with E-state index in [0.29, 0.717) is 0 Å². The van der Waals surface area contributed by atoms with Crippen LogP contribution in [0.4, 0.5) is 0 Å². The van der Waals surface area contributed by atoms with Crippen LogP contribution in [0.25, 0.3) is 0 Å².